The van der Waals surface area contributed by atoms with Crippen LogP contribution >= 0.6 is 0 Å². The van der Waals surface area contributed by atoms with Crippen LogP contribution in [0, 0.1) is 0 Å². The van der Waals surface area contributed by atoms with Crippen LogP contribution in [-0.4, -0.2) is 23.1 Å². The van der Waals surface area contributed by atoms with Crippen molar-refractivity contribution in [2.24, 2.45) is 0 Å². The Balaban J connectivity index is -0.00000000333. The summed E-state index contributed by atoms with van der Waals surface area (Å²) in [6.45, 7) is 5.25. The van der Waals surface area contributed by atoms with E-state index >= 15 is 0 Å². The molecule has 0 nitrogen and oxygen atoms in total. The van der Waals surface area contributed by atoms with Crippen molar-refractivity contribution in [1.82, 2.24) is 0 Å². The van der Waals surface area contributed by atoms with Gasteiger partial charge in [-0.25, -0.2) is 0 Å². The molecule has 0 aliphatic carbocycles. The molecular weight excluding hydrogens is 124 g/mol. The molecule has 2 heteroatoms. The summed E-state index contributed by atoms with van der Waals surface area (Å²) in [6, 6.07) is 0. The molecular formula is C3H8CuMg. The Bertz CT molecular complexity index is 20.4. The van der Waals surface area contributed by atoms with E-state index in [4.69, 9.17) is 0 Å². The average Bonchev–Trinajstić information content (AvgIpc) is 0.918. The summed E-state index contributed by atoms with van der Waals surface area (Å²) >= 11 is 0. The fourth-order valence-electron chi connectivity index (χ4n) is 0. The zero-order chi connectivity index (χ0) is 2.71. The number of rotatable bonds is 0. The molecule has 0 N–H and O–H groups in total. The summed E-state index contributed by atoms with van der Waals surface area (Å²) in [5, 5.41) is 0. The number of allylic oxidation sites excluding steroid dienone is 1. The van der Waals surface area contributed by atoms with Crippen LogP contribution < -0.4 is 0 Å². The van der Waals surface area contributed by atoms with Crippen LogP contribution in [0.2, 0.25) is 0 Å². The number of hydrogen-bond donors (Lipinski definition) is 0. The van der Waals surface area contributed by atoms with Crippen molar-refractivity contribution < 1.29 is 19.9 Å². The molecule has 0 atom stereocenters. The Morgan fingerprint density at radius 2 is 1.80 bits per heavy atom. The average molecular weight is 132 g/mol. The first-order valence-corrected chi connectivity index (χ1v) is 0.986. The second-order valence-corrected chi connectivity index (χ2v) is 0.408. The van der Waals surface area contributed by atoms with Crippen molar-refractivity contribution in [2.75, 3.05) is 0 Å². The minimum absolute atomic E-state index is 0. The van der Waals surface area contributed by atoms with Crippen LogP contribution in [0.3, 0.4) is 0 Å². The van der Waals surface area contributed by atoms with Gasteiger partial charge in [-0.1, -0.05) is 6.08 Å². The molecule has 0 rings (SSSR count). The van der Waals surface area contributed by atoms with Gasteiger partial charge in [-0.2, -0.15) is 0 Å². The Kier molecular flexibility index (Phi) is 66.0. The van der Waals surface area contributed by atoms with Gasteiger partial charge in [0.1, 0.15) is 0 Å². The van der Waals surface area contributed by atoms with E-state index in [9.17, 15) is 0 Å². The van der Waals surface area contributed by atoms with Crippen molar-refractivity contribution in [3.8, 4) is 0 Å². The standard InChI is InChI=1S/C3H6.Cu.Mg.2H/c1-3-2;;;;/h3H,1H2,2H3;;;;/q;;+2;2*-1. The summed E-state index contributed by atoms with van der Waals surface area (Å²) in [5.74, 6) is 0. The first-order valence-electron chi connectivity index (χ1n) is 0.986. The third-order valence-corrected chi connectivity index (χ3v) is 0. The van der Waals surface area contributed by atoms with Crippen LogP contribution in [0.4, 0.5) is 0 Å². The summed E-state index contributed by atoms with van der Waals surface area (Å²) in [6.07, 6.45) is 1.75. The molecule has 1 radical (unpaired) electrons. The van der Waals surface area contributed by atoms with E-state index in [0.29, 0.717) is 0 Å². The first kappa shape index (κ1) is 16.6. The molecule has 0 unspecified atom stereocenters. The summed E-state index contributed by atoms with van der Waals surface area (Å²) in [7, 11) is 0. The van der Waals surface area contributed by atoms with E-state index in [0.717, 1.165) is 0 Å². The maximum Gasteiger partial charge on any atom is 2.00 e. The second kappa shape index (κ2) is 19.8. The van der Waals surface area contributed by atoms with Crippen molar-refractivity contribution in [3.63, 3.8) is 0 Å². The third-order valence-electron chi connectivity index (χ3n) is 0. The summed E-state index contributed by atoms with van der Waals surface area (Å²) < 4.78 is 0. The first-order chi connectivity index (χ1) is 1.41. The van der Waals surface area contributed by atoms with E-state index in [1.807, 2.05) is 6.92 Å². The molecule has 0 aromatic carbocycles. The van der Waals surface area contributed by atoms with Gasteiger partial charge in [0.2, 0.25) is 0 Å². The van der Waals surface area contributed by atoms with Gasteiger partial charge in [0, 0.05) is 17.1 Å². The molecule has 0 aromatic rings. The molecule has 0 amide bonds. The van der Waals surface area contributed by atoms with Crippen molar-refractivity contribution in [2.45, 2.75) is 6.92 Å². The van der Waals surface area contributed by atoms with E-state index in [2.05, 4.69) is 6.58 Å². The Morgan fingerprint density at radius 1 is 1.80 bits per heavy atom. The van der Waals surface area contributed by atoms with Gasteiger partial charge < -0.3 is 2.85 Å². The smallest absolute Gasteiger partial charge is 1.00 e. The van der Waals surface area contributed by atoms with Crippen molar-refractivity contribution >= 4 is 23.1 Å². The molecule has 0 fully saturated rings. The third kappa shape index (κ3) is 43.7. The fraction of sp³-hybridized carbons (Fsp3) is 0.333. The molecule has 33 valence electrons. The Hall–Kier alpha value is 1.03. The van der Waals surface area contributed by atoms with Gasteiger partial charge in [-0.05, 0) is 6.92 Å². The van der Waals surface area contributed by atoms with Gasteiger partial charge >= 0.3 is 23.1 Å². The van der Waals surface area contributed by atoms with E-state index < -0.39 is 0 Å². The SMILES string of the molecule is C=CC.[Cu].[H-].[H-].[Mg+2]. The normalized spacial score (nSPS) is 2.60. The van der Waals surface area contributed by atoms with Crippen LogP contribution in [0.15, 0.2) is 12.7 Å². The summed E-state index contributed by atoms with van der Waals surface area (Å²) in [4.78, 5) is 0. The molecule has 0 bridgehead atoms. The zero-order valence-corrected chi connectivity index (χ0v) is 5.65. The van der Waals surface area contributed by atoms with Crippen LogP contribution in [0.25, 0.3) is 0 Å². The van der Waals surface area contributed by atoms with Crippen LogP contribution in [-0.2, 0) is 17.1 Å². The predicted molar refractivity (Wildman–Crippen MR) is 23.8 cm³/mol. The quantitative estimate of drug-likeness (QED) is 0.341. The largest absolute Gasteiger partial charge is 2.00 e. The van der Waals surface area contributed by atoms with E-state index in [-0.39, 0.29) is 43.0 Å². The molecule has 0 aliphatic heterocycles. The van der Waals surface area contributed by atoms with Gasteiger partial charge in [0.25, 0.3) is 0 Å². The van der Waals surface area contributed by atoms with Crippen LogP contribution in [0.5, 0.6) is 0 Å². The minimum Gasteiger partial charge on any atom is -1.00 e. The van der Waals surface area contributed by atoms with E-state index in [1.54, 1.807) is 6.08 Å². The maximum atomic E-state index is 3.36. The second-order valence-electron chi connectivity index (χ2n) is 0.408. The van der Waals surface area contributed by atoms with Crippen molar-refractivity contribution in [1.29, 1.82) is 0 Å². The molecule has 0 saturated heterocycles. The van der Waals surface area contributed by atoms with Gasteiger partial charge in [-0.15, -0.1) is 6.58 Å². The summed E-state index contributed by atoms with van der Waals surface area (Å²) in [5.41, 5.74) is 0. The van der Waals surface area contributed by atoms with Crippen molar-refractivity contribution in [3.05, 3.63) is 12.7 Å². The fourth-order valence-corrected chi connectivity index (χ4v) is 0. The topological polar surface area (TPSA) is 0 Å². The number of hydrogen-bond acceptors (Lipinski definition) is 0. The zero-order valence-electron chi connectivity index (χ0n) is 5.29. The monoisotopic (exact) mass is 131 g/mol. The predicted octanol–water partition coefficient (Wildman–Crippen LogP) is 1.03. The maximum absolute atomic E-state index is 3.36. The van der Waals surface area contributed by atoms with Gasteiger partial charge in [0.05, 0.1) is 0 Å². The van der Waals surface area contributed by atoms with Gasteiger partial charge in [0.15, 0.2) is 0 Å². The molecule has 0 spiro atoms. The molecule has 0 aliphatic rings. The van der Waals surface area contributed by atoms with Crippen LogP contribution in [0.1, 0.15) is 9.78 Å². The molecule has 0 heterocycles. The molecule has 0 aromatic heterocycles. The Morgan fingerprint density at radius 3 is 1.80 bits per heavy atom. The Labute approximate surface area is 62.6 Å². The molecule has 0 saturated carbocycles. The molecule has 5 heavy (non-hydrogen) atoms. The van der Waals surface area contributed by atoms with E-state index in [1.165, 1.54) is 0 Å². The minimum atomic E-state index is 0. The van der Waals surface area contributed by atoms with Gasteiger partial charge in [-0.3, -0.25) is 0 Å².